The first-order valence-corrected chi connectivity index (χ1v) is 3.02. The molecule has 0 N–H and O–H groups in total. The van der Waals surface area contributed by atoms with E-state index in [2.05, 4.69) is 19.2 Å². The van der Waals surface area contributed by atoms with Gasteiger partial charge in [0.25, 0.3) is 0 Å². The van der Waals surface area contributed by atoms with Crippen LogP contribution in [-0.2, 0) is 0 Å². The van der Waals surface area contributed by atoms with Crippen molar-refractivity contribution in [3.8, 4) is 0 Å². The summed E-state index contributed by atoms with van der Waals surface area (Å²) >= 11 is 0. The van der Waals surface area contributed by atoms with Crippen LogP contribution in [0.1, 0.15) is 19.3 Å². The third-order valence-electron chi connectivity index (χ3n) is 1.24. The van der Waals surface area contributed by atoms with Crippen LogP contribution >= 0.6 is 0 Å². The summed E-state index contributed by atoms with van der Waals surface area (Å²) in [4.78, 5) is 0. The summed E-state index contributed by atoms with van der Waals surface area (Å²) in [5, 5.41) is 4.09. The Bertz CT molecular complexity index is 44.2. The Morgan fingerprint density at radius 3 is 2.11 bits per heavy atom. The molecule has 0 aliphatic carbocycles. The SMILES string of the molecule is [Am].[CH2-]CC[C@H](C[CH2-])[N-]C. The normalized spacial score (nSPS) is 12.3. The molecule has 57 valence electrons. The van der Waals surface area contributed by atoms with Gasteiger partial charge in [-0.2, -0.15) is 25.9 Å². The number of hydrogen-bond acceptors (Lipinski definition) is 0. The van der Waals surface area contributed by atoms with Gasteiger partial charge >= 0.3 is 0 Å². The Balaban J connectivity index is 0. The molecule has 0 saturated heterocycles. The molecule has 0 rings (SSSR count). The first-order valence-electron chi connectivity index (χ1n) is 3.02. The Labute approximate surface area is 66.4 Å². The summed E-state index contributed by atoms with van der Waals surface area (Å²) in [6.45, 7) is 7.49. The predicted molar refractivity (Wildman–Crippen MR) is 37.6 cm³/mol. The first-order chi connectivity index (χ1) is 3.85. The van der Waals surface area contributed by atoms with Gasteiger partial charge in [0.1, 0.15) is 0 Å². The molecule has 0 fully saturated rings. The number of rotatable bonds is 4. The van der Waals surface area contributed by atoms with Gasteiger partial charge in [-0.15, -0.1) is 0 Å². The minimum atomic E-state index is 0. The predicted octanol–water partition coefficient (Wildman–Crippen LogP) is 2.20. The summed E-state index contributed by atoms with van der Waals surface area (Å²) in [5.74, 6) is 0. The fraction of sp³-hybridized carbons (Fsp3) is 0.714. The van der Waals surface area contributed by atoms with Crippen molar-refractivity contribution < 1.29 is 14.3 Å². The van der Waals surface area contributed by atoms with Gasteiger partial charge < -0.3 is 19.2 Å². The zero-order valence-electron chi connectivity index (χ0n) is 5.94. The molecule has 0 amide bonds. The second-order valence-electron chi connectivity index (χ2n) is 1.84. The second-order valence-corrected chi connectivity index (χ2v) is 1.84. The van der Waals surface area contributed by atoms with Crippen molar-refractivity contribution in [3.63, 3.8) is 0 Å². The maximum absolute atomic E-state index is 4.09. The first kappa shape index (κ1) is 12.1. The van der Waals surface area contributed by atoms with Gasteiger partial charge in [0.2, 0.25) is 0 Å². The van der Waals surface area contributed by atoms with Crippen LogP contribution in [0.4, 0.5) is 0 Å². The van der Waals surface area contributed by atoms with E-state index in [9.17, 15) is 0 Å². The Hall–Kier alpha value is 0.350. The van der Waals surface area contributed by atoms with Gasteiger partial charge in [-0.25, -0.2) is 0 Å². The van der Waals surface area contributed by atoms with Crippen molar-refractivity contribution in [3.05, 3.63) is 19.2 Å². The molecule has 1 radical (unpaired) electrons. The monoisotopic (exact) mass is 353 g/mol. The molecule has 0 aliphatic rings. The van der Waals surface area contributed by atoms with E-state index >= 15 is 0 Å². The van der Waals surface area contributed by atoms with Crippen LogP contribution in [0.3, 0.4) is 0 Å². The van der Waals surface area contributed by atoms with Crippen LogP contribution < -0.4 is 0 Å². The second kappa shape index (κ2) is 8.35. The molecule has 0 heterocycles. The minimum absolute atomic E-state index is 0. The van der Waals surface area contributed by atoms with Crippen molar-refractivity contribution in [2.24, 2.45) is 0 Å². The molecule has 1 nitrogen and oxygen atoms in total. The van der Waals surface area contributed by atoms with E-state index in [1.165, 1.54) is 0 Å². The van der Waals surface area contributed by atoms with Crippen LogP contribution in [-0.4, -0.2) is 13.1 Å². The van der Waals surface area contributed by atoms with E-state index in [4.69, 9.17) is 0 Å². The fourth-order valence-corrected chi connectivity index (χ4v) is 0.638. The van der Waals surface area contributed by atoms with E-state index < -0.39 is 0 Å². The molecule has 0 aromatic heterocycles. The zero-order chi connectivity index (χ0) is 6.41. The van der Waals surface area contributed by atoms with Crippen molar-refractivity contribution in [2.75, 3.05) is 7.05 Å². The van der Waals surface area contributed by atoms with Crippen molar-refractivity contribution in [1.82, 2.24) is 0 Å². The number of hydrogen-bond donors (Lipinski definition) is 0. The Morgan fingerprint density at radius 2 is 2.00 bits per heavy atom. The largest absolute Gasteiger partial charge is 0.664 e. The molecule has 0 bridgehead atoms. The van der Waals surface area contributed by atoms with E-state index in [1.54, 1.807) is 0 Å². The Kier molecular flexibility index (Phi) is 11.2. The summed E-state index contributed by atoms with van der Waals surface area (Å²) < 4.78 is 0. The fourth-order valence-electron chi connectivity index (χ4n) is 0.638. The van der Waals surface area contributed by atoms with Gasteiger partial charge in [-0.3, -0.25) is 0 Å². The number of nitrogens with zero attached hydrogens (tertiary/aromatic N) is 1. The third-order valence-corrected chi connectivity index (χ3v) is 1.24. The maximum atomic E-state index is 4.09. The standard InChI is InChI=1S/C7H14N.Am/c1-4-6-7(5-2)8-3;/h7H,1-2,4-6H2,3H3;/q-3;/t7-;/m0./s1. The average molecular weight is 355 g/mol. The van der Waals surface area contributed by atoms with Gasteiger partial charge in [-0.05, 0) is 0 Å². The van der Waals surface area contributed by atoms with Gasteiger partial charge in [0.15, 0.2) is 0 Å². The van der Waals surface area contributed by atoms with Gasteiger partial charge in [0.05, 0.1) is 0 Å². The molecule has 0 aromatic rings. The molecule has 0 spiro atoms. The van der Waals surface area contributed by atoms with Crippen molar-refractivity contribution in [2.45, 2.75) is 25.3 Å². The molecule has 2 heteroatoms. The van der Waals surface area contributed by atoms with Crippen LogP contribution in [0.2, 0.25) is 0 Å². The van der Waals surface area contributed by atoms with E-state index in [-0.39, 0.29) is 14.3 Å². The van der Waals surface area contributed by atoms with Gasteiger partial charge in [0, 0.05) is 14.3 Å². The maximum Gasteiger partial charge on any atom is 0 e. The molecule has 9 heavy (non-hydrogen) atoms. The average Bonchev–Trinajstić information content (AvgIpc) is 1.83. The molecule has 1 atom stereocenters. The molecular weight excluding hydrogens is 341 g/mol. The van der Waals surface area contributed by atoms with Crippen molar-refractivity contribution in [1.29, 1.82) is 0 Å². The molecular formula is C7H14AmN-3. The van der Waals surface area contributed by atoms with E-state index in [0.717, 1.165) is 19.3 Å². The van der Waals surface area contributed by atoms with Crippen LogP contribution in [0.25, 0.3) is 5.32 Å². The van der Waals surface area contributed by atoms with E-state index in [0.29, 0.717) is 6.04 Å². The topological polar surface area (TPSA) is 14.1 Å². The molecule has 0 unspecified atom stereocenters. The van der Waals surface area contributed by atoms with Crippen LogP contribution in [0.5, 0.6) is 0 Å². The van der Waals surface area contributed by atoms with Gasteiger partial charge in [-0.1, -0.05) is 6.42 Å². The molecule has 0 saturated carbocycles. The summed E-state index contributed by atoms with van der Waals surface area (Å²) in [6.07, 6.45) is 2.96. The van der Waals surface area contributed by atoms with Crippen LogP contribution in [0.15, 0.2) is 0 Å². The molecule has 0 aromatic carbocycles. The quantitative estimate of drug-likeness (QED) is 0.687. The summed E-state index contributed by atoms with van der Waals surface area (Å²) in [6, 6.07) is 0.451. The van der Waals surface area contributed by atoms with E-state index in [1.807, 2.05) is 7.05 Å². The van der Waals surface area contributed by atoms with Crippen LogP contribution in [0, 0.1) is 28.1 Å². The third kappa shape index (κ3) is 6.23. The Morgan fingerprint density at radius 1 is 1.44 bits per heavy atom. The van der Waals surface area contributed by atoms with Crippen molar-refractivity contribution >= 4 is 0 Å². The smallest absolute Gasteiger partial charge is 0 e. The summed E-state index contributed by atoms with van der Waals surface area (Å²) in [7, 11) is 1.84. The molecule has 0 aliphatic heterocycles. The minimum Gasteiger partial charge on any atom is -0.664 e. The summed E-state index contributed by atoms with van der Waals surface area (Å²) in [5.41, 5.74) is 0. The zero-order valence-corrected chi connectivity index (χ0v) is 9.09.